The second kappa shape index (κ2) is 6.06. The molecule has 1 saturated carbocycles. The van der Waals surface area contributed by atoms with E-state index in [1.165, 1.54) is 5.56 Å². The first-order chi connectivity index (χ1) is 8.99. The van der Waals surface area contributed by atoms with Crippen molar-refractivity contribution in [2.75, 3.05) is 20.6 Å². The van der Waals surface area contributed by atoms with Gasteiger partial charge in [0.05, 0.1) is 0 Å². The van der Waals surface area contributed by atoms with Crippen molar-refractivity contribution in [1.29, 1.82) is 0 Å². The Hall–Kier alpha value is -0.870. The number of benzene rings is 1. The summed E-state index contributed by atoms with van der Waals surface area (Å²) in [5.41, 5.74) is 1.27. The second-order valence-electron chi connectivity index (χ2n) is 5.56. The lowest BCUT2D eigenvalue weighted by Gasteiger charge is -2.19. The summed E-state index contributed by atoms with van der Waals surface area (Å²) in [6.45, 7) is 2.83. The minimum Gasteiger partial charge on any atom is -0.354 e. The first-order valence-electron chi connectivity index (χ1n) is 6.68. The Morgan fingerprint density at radius 1 is 1.42 bits per heavy atom. The van der Waals surface area contributed by atoms with E-state index in [-0.39, 0.29) is 11.8 Å². The Balaban J connectivity index is 1.82. The summed E-state index contributed by atoms with van der Waals surface area (Å²) in [6.07, 6.45) is 0.976. The molecule has 4 heteroatoms. The number of nitrogens with zero attached hydrogens (tertiary/aromatic N) is 1. The maximum atomic E-state index is 12.0. The third-order valence-electron chi connectivity index (χ3n) is 3.88. The van der Waals surface area contributed by atoms with Crippen molar-refractivity contribution in [2.24, 2.45) is 5.92 Å². The molecule has 1 aromatic carbocycles. The van der Waals surface area contributed by atoms with Gasteiger partial charge in [-0.25, -0.2) is 0 Å². The Kier molecular flexibility index (Phi) is 4.63. The van der Waals surface area contributed by atoms with Gasteiger partial charge in [-0.1, -0.05) is 28.1 Å². The van der Waals surface area contributed by atoms with Gasteiger partial charge in [0.25, 0.3) is 0 Å². The molecule has 104 valence electrons. The molecule has 1 fully saturated rings. The van der Waals surface area contributed by atoms with Crippen LogP contribution in [0.15, 0.2) is 28.7 Å². The first kappa shape index (κ1) is 14.5. The highest BCUT2D eigenvalue weighted by molar-refractivity contribution is 9.10. The number of amides is 1. The van der Waals surface area contributed by atoms with Crippen LogP contribution in [0.3, 0.4) is 0 Å². The molecular formula is C15H21BrN2O. The van der Waals surface area contributed by atoms with Gasteiger partial charge in [-0.15, -0.1) is 0 Å². The summed E-state index contributed by atoms with van der Waals surface area (Å²) >= 11 is 3.43. The standard InChI is InChI=1S/C15H21BrN2O/c1-10(18(2)3)9-17-15(19)14-8-13(14)11-4-6-12(16)7-5-11/h4-7,10,13-14H,8-9H2,1-3H3,(H,17,19)/t10-,13-,14+/m1/s1. The summed E-state index contributed by atoms with van der Waals surface area (Å²) in [4.78, 5) is 14.2. The molecule has 0 aliphatic heterocycles. The van der Waals surface area contributed by atoms with Gasteiger partial charge >= 0.3 is 0 Å². The molecule has 1 amide bonds. The molecule has 0 heterocycles. The smallest absolute Gasteiger partial charge is 0.223 e. The lowest BCUT2D eigenvalue weighted by Crippen LogP contribution is -2.38. The van der Waals surface area contributed by atoms with Crippen LogP contribution in [0.5, 0.6) is 0 Å². The van der Waals surface area contributed by atoms with Gasteiger partial charge in [0, 0.05) is 23.0 Å². The van der Waals surface area contributed by atoms with E-state index < -0.39 is 0 Å². The molecule has 1 N–H and O–H groups in total. The van der Waals surface area contributed by atoms with Crippen LogP contribution < -0.4 is 5.32 Å². The van der Waals surface area contributed by atoms with E-state index in [0.717, 1.165) is 17.4 Å². The van der Waals surface area contributed by atoms with Crippen LogP contribution in [0.4, 0.5) is 0 Å². The van der Waals surface area contributed by atoms with E-state index in [2.05, 4.69) is 45.2 Å². The molecule has 3 atom stereocenters. The first-order valence-corrected chi connectivity index (χ1v) is 7.48. The van der Waals surface area contributed by atoms with Gasteiger partial charge in [-0.2, -0.15) is 0 Å². The number of hydrogen-bond donors (Lipinski definition) is 1. The van der Waals surface area contributed by atoms with Gasteiger partial charge in [-0.3, -0.25) is 4.79 Å². The third kappa shape index (κ3) is 3.80. The summed E-state index contributed by atoms with van der Waals surface area (Å²) in [6, 6.07) is 8.65. The highest BCUT2D eigenvalue weighted by atomic mass is 79.9. The number of rotatable bonds is 5. The van der Waals surface area contributed by atoms with Crippen LogP contribution in [-0.2, 0) is 4.79 Å². The molecule has 0 radical (unpaired) electrons. The molecule has 19 heavy (non-hydrogen) atoms. The van der Waals surface area contributed by atoms with E-state index in [0.29, 0.717) is 12.0 Å². The lowest BCUT2D eigenvalue weighted by atomic mass is 10.1. The predicted octanol–water partition coefficient (Wildman–Crippen LogP) is 2.62. The topological polar surface area (TPSA) is 32.3 Å². The Labute approximate surface area is 123 Å². The van der Waals surface area contributed by atoms with Crippen molar-refractivity contribution < 1.29 is 4.79 Å². The SMILES string of the molecule is C[C@H](CNC(=O)[C@H]1C[C@@H]1c1ccc(Br)cc1)N(C)C. The molecule has 1 aliphatic rings. The summed E-state index contributed by atoms with van der Waals surface area (Å²) in [5, 5.41) is 3.05. The molecule has 3 nitrogen and oxygen atoms in total. The Morgan fingerprint density at radius 2 is 2.05 bits per heavy atom. The van der Waals surface area contributed by atoms with Crippen LogP contribution in [0.25, 0.3) is 0 Å². The molecule has 1 aliphatic carbocycles. The quantitative estimate of drug-likeness (QED) is 0.903. The number of carbonyl (C=O) groups is 1. The second-order valence-corrected chi connectivity index (χ2v) is 6.47. The largest absolute Gasteiger partial charge is 0.354 e. The fourth-order valence-corrected chi connectivity index (χ4v) is 2.39. The fourth-order valence-electron chi connectivity index (χ4n) is 2.13. The maximum Gasteiger partial charge on any atom is 0.223 e. The molecule has 0 spiro atoms. The number of hydrogen-bond acceptors (Lipinski definition) is 2. The van der Waals surface area contributed by atoms with Crippen LogP contribution in [-0.4, -0.2) is 37.5 Å². The number of likely N-dealkylation sites (N-methyl/N-ethyl adjacent to an activating group) is 1. The molecule has 0 bridgehead atoms. The summed E-state index contributed by atoms with van der Waals surface area (Å²) in [5.74, 6) is 0.764. The molecule has 0 saturated heterocycles. The highest BCUT2D eigenvalue weighted by Gasteiger charge is 2.43. The Morgan fingerprint density at radius 3 is 2.63 bits per heavy atom. The van der Waals surface area contributed by atoms with E-state index >= 15 is 0 Å². The monoisotopic (exact) mass is 324 g/mol. The van der Waals surface area contributed by atoms with Crippen molar-refractivity contribution in [3.8, 4) is 0 Å². The zero-order valence-electron chi connectivity index (χ0n) is 11.7. The van der Waals surface area contributed by atoms with Crippen molar-refractivity contribution in [2.45, 2.75) is 25.3 Å². The van der Waals surface area contributed by atoms with E-state index in [9.17, 15) is 4.79 Å². The zero-order chi connectivity index (χ0) is 14.0. The van der Waals surface area contributed by atoms with Crippen LogP contribution in [0.2, 0.25) is 0 Å². The minimum atomic E-state index is 0.163. The average molecular weight is 325 g/mol. The number of nitrogens with one attached hydrogen (secondary N) is 1. The molecule has 2 rings (SSSR count). The van der Waals surface area contributed by atoms with Gasteiger partial charge < -0.3 is 10.2 Å². The fraction of sp³-hybridized carbons (Fsp3) is 0.533. The van der Waals surface area contributed by atoms with Crippen LogP contribution in [0, 0.1) is 5.92 Å². The Bertz CT molecular complexity index is 444. The van der Waals surface area contributed by atoms with Gasteiger partial charge in [-0.05, 0) is 51.1 Å². The third-order valence-corrected chi connectivity index (χ3v) is 4.41. The van der Waals surface area contributed by atoms with Crippen LogP contribution in [0.1, 0.15) is 24.8 Å². The molecular weight excluding hydrogens is 304 g/mol. The van der Waals surface area contributed by atoms with Crippen molar-refractivity contribution in [3.63, 3.8) is 0 Å². The predicted molar refractivity (Wildman–Crippen MR) is 81.1 cm³/mol. The molecule has 1 aromatic rings. The van der Waals surface area contributed by atoms with Crippen molar-refractivity contribution >= 4 is 21.8 Å². The minimum absolute atomic E-state index is 0.163. The van der Waals surface area contributed by atoms with Gasteiger partial charge in [0.2, 0.25) is 5.91 Å². The lowest BCUT2D eigenvalue weighted by molar-refractivity contribution is -0.122. The van der Waals surface area contributed by atoms with E-state index in [4.69, 9.17) is 0 Å². The highest BCUT2D eigenvalue weighted by Crippen LogP contribution is 2.47. The van der Waals surface area contributed by atoms with E-state index in [1.54, 1.807) is 0 Å². The van der Waals surface area contributed by atoms with Gasteiger partial charge in [0.1, 0.15) is 0 Å². The maximum absolute atomic E-state index is 12.0. The van der Waals surface area contributed by atoms with Crippen molar-refractivity contribution in [3.05, 3.63) is 34.3 Å². The van der Waals surface area contributed by atoms with Gasteiger partial charge in [0.15, 0.2) is 0 Å². The normalized spacial score (nSPS) is 23.2. The zero-order valence-corrected chi connectivity index (χ0v) is 13.3. The summed E-state index contributed by atoms with van der Waals surface area (Å²) < 4.78 is 1.08. The van der Waals surface area contributed by atoms with Crippen LogP contribution >= 0.6 is 15.9 Å². The average Bonchev–Trinajstić information content (AvgIpc) is 3.16. The summed E-state index contributed by atoms with van der Waals surface area (Å²) in [7, 11) is 4.05. The van der Waals surface area contributed by atoms with Crippen molar-refractivity contribution in [1.82, 2.24) is 10.2 Å². The molecule has 0 unspecified atom stereocenters. The molecule has 0 aromatic heterocycles. The number of halogens is 1. The van der Waals surface area contributed by atoms with E-state index in [1.807, 2.05) is 26.2 Å². The number of carbonyl (C=O) groups excluding carboxylic acids is 1.